The van der Waals surface area contributed by atoms with E-state index < -0.39 is 4.92 Å². The van der Waals surface area contributed by atoms with E-state index in [0.717, 1.165) is 16.5 Å². The summed E-state index contributed by atoms with van der Waals surface area (Å²) < 4.78 is 6.88. The maximum Gasteiger partial charge on any atom is 0.307 e. The smallest absolute Gasteiger partial charge is 0.307 e. The van der Waals surface area contributed by atoms with Crippen LogP contribution in [0.5, 0.6) is 5.75 Å². The van der Waals surface area contributed by atoms with Crippen molar-refractivity contribution in [2.45, 2.75) is 6.54 Å². The van der Waals surface area contributed by atoms with Gasteiger partial charge in [0, 0.05) is 16.5 Å². The summed E-state index contributed by atoms with van der Waals surface area (Å²) >= 11 is 0. The first-order valence-electron chi connectivity index (χ1n) is 11.6. The number of amides is 1. The lowest BCUT2D eigenvalue weighted by Gasteiger charge is -2.10. The second-order valence-corrected chi connectivity index (χ2v) is 8.36. The molecule has 0 atom stereocenters. The molecule has 5 aromatic rings. The van der Waals surface area contributed by atoms with Crippen LogP contribution in [0.1, 0.15) is 21.5 Å². The van der Waals surface area contributed by atoms with Gasteiger partial charge in [0.1, 0.15) is 18.1 Å². The molecule has 0 saturated heterocycles. The Labute approximate surface area is 217 Å². The number of nitrogens with one attached hydrogen (secondary N) is 1. The number of hydrogen-bond donors (Lipinski definition) is 1. The van der Waals surface area contributed by atoms with Crippen molar-refractivity contribution in [3.8, 4) is 17.0 Å². The van der Waals surface area contributed by atoms with Crippen LogP contribution in [-0.4, -0.2) is 38.9 Å². The number of aromatic nitrogens is 3. The number of nitrogens with zero attached hydrogens (tertiary/aromatic N) is 5. The number of ether oxygens (including phenoxy) is 1. The molecule has 2 heterocycles. The van der Waals surface area contributed by atoms with E-state index in [4.69, 9.17) is 9.72 Å². The molecule has 0 spiro atoms. The lowest BCUT2D eigenvalue weighted by atomic mass is 10.0. The van der Waals surface area contributed by atoms with Gasteiger partial charge in [0.2, 0.25) is 0 Å². The molecule has 1 amide bonds. The molecule has 0 fully saturated rings. The molecule has 3 aromatic carbocycles. The van der Waals surface area contributed by atoms with E-state index in [2.05, 4.69) is 15.6 Å². The third kappa shape index (κ3) is 5.24. The fraction of sp³-hybridized carbons (Fsp3) is 0.0714. The summed E-state index contributed by atoms with van der Waals surface area (Å²) in [5, 5.41) is 19.9. The summed E-state index contributed by atoms with van der Waals surface area (Å²) in [6.45, 7) is 0.260. The molecule has 1 N–H and O–H groups in total. The molecule has 0 unspecified atom stereocenters. The quantitative estimate of drug-likeness (QED) is 0.183. The Balaban J connectivity index is 1.37. The Kier molecular flexibility index (Phi) is 6.85. The molecule has 10 heteroatoms. The van der Waals surface area contributed by atoms with Crippen molar-refractivity contribution in [2.24, 2.45) is 5.10 Å². The second kappa shape index (κ2) is 10.7. The van der Waals surface area contributed by atoms with E-state index in [1.54, 1.807) is 25.3 Å². The Hall–Kier alpha value is -5.38. The zero-order valence-electron chi connectivity index (χ0n) is 20.3. The number of nitro groups is 1. The molecule has 0 aliphatic heterocycles. The predicted octanol–water partition coefficient (Wildman–Crippen LogP) is 4.83. The van der Waals surface area contributed by atoms with Gasteiger partial charge in [-0.25, -0.2) is 10.4 Å². The zero-order chi connectivity index (χ0) is 26.5. The second-order valence-electron chi connectivity index (χ2n) is 8.36. The topological polar surface area (TPSA) is 125 Å². The van der Waals surface area contributed by atoms with Gasteiger partial charge in [0.25, 0.3) is 5.91 Å². The zero-order valence-corrected chi connectivity index (χ0v) is 20.3. The highest BCUT2D eigenvalue weighted by Crippen LogP contribution is 2.25. The minimum atomic E-state index is -0.499. The SMILES string of the molecule is COc1ccc(/C=N/NC(=O)c2cc(-c3ccccc3)nc3ccccc23)cc1Cn1cc([N+](=O)[O-])cn1. The van der Waals surface area contributed by atoms with Crippen LogP contribution in [0.2, 0.25) is 0 Å². The number of carbonyl (C=O) groups excluding carboxylic acids is 1. The van der Waals surface area contributed by atoms with Gasteiger partial charge < -0.3 is 4.74 Å². The summed E-state index contributed by atoms with van der Waals surface area (Å²) in [5.74, 6) is 0.232. The lowest BCUT2D eigenvalue weighted by molar-refractivity contribution is -0.385. The van der Waals surface area contributed by atoms with Gasteiger partial charge in [-0.3, -0.25) is 19.6 Å². The van der Waals surface area contributed by atoms with E-state index in [-0.39, 0.29) is 18.1 Å². The summed E-state index contributed by atoms with van der Waals surface area (Å²) in [6.07, 6.45) is 4.07. The van der Waals surface area contributed by atoms with Crippen molar-refractivity contribution in [3.63, 3.8) is 0 Å². The summed E-state index contributed by atoms with van der Waals surface area (Å²) in [4.78, 5) is 28.3. The average Bonchev–Trinajstić information content (AvgIpc) is 3.42. The minimum absolute atomic E-state index is 0.0940. The van der Waals surface area contributed by atoms with E-state index in [9.17, 15) is 14.9 Å². The van der Waals surface area contributed by atoms with Crippen molar-refractivity contribution >= 4 is 28.7 Å². The van der Waals surface area contributed by atoms with Gasteiger partial charge in [-0.15, -0.1) is 0 Å². The minimum Gasteiger partial charge on any atom is -0.496 e. The fourth-order valence-electron chi connectivity index (χ4n) is 4.06. The van der Waals surface area contributed by atoms with Crippen molar-refractivity contribution in [1.82, 2.24) is 20.2 Å². The monoisotopic (exact) mass is 506 g/mol. The standard InChI is InChI=1S/C28H22N6O4/c1-38-27-12-11-19(13-21(27)17-33-18-22(16-30-33)34(36)37)15-29-32-28(35)24-14-26(20-7-3-2-4-8-20)31-25-10-6-5-9-23(24)25/h2-16,18H,17H2,1H3,(H,32,35)/b29-15+. The van der Waals surface area contributed by atoms with Crippen LogP contribution in [0.25, 0.3) is 22.2 Å². The average molecular weight is 507 g/mol. The fourth-order valence-corrected chi connectivity index (χ4v) is 4.06. The highest BCUT2D eigenvalue weighted by Gasteiger charge is 2.14. The summed E-state index contributed by atoms with van der Waals surface area (Å²) in [5.41, 5.74) is 6.73. The van der Waals surface area contributed by atoms with E-state index in [1.165, 1.54) is 23.3 Å². The first-order chi connectivity index (χ1) is 18.5. The summed E-state index contributed by atoms with van der Waals surface area (Å²) in [7, 11) is 1.54. The number of hydrazone groups is 1. The van der Waals surface area contributed by atoms with E-state index >= 15 is 0 Å². The Morgan fingerprint density at radius 2 is 1.89 bits per heavy atom. The van der Waals surface area contributed by atoms with Gasteiger partial charge in [-0.05, 0) is 35.9 Å². The molecule has 5 rings (SSSR count). The van der Waals surface area contributed by atoms with Gasteiger partial charge in [-0.1, -0.05) is 48.5 Å². The number of hydrogen-bond acceptors (Lipinski definition) is 7. The maximum atomic E-state index is 13.2. The number of rotatable bonds is 8. The molecule has 2 aromatic heterocycles. The molecule has 0 aliphatic carbocycles. The number of benzene rings is 3. The van der Waals surface area contributed by atoms with Crippen LogP contribution >= 0.6 is 0 Å². The number of pyridine rings is 1. The molecule has 0 radical (unpaired) electrons. The number of methoxy groups -OCH3 is 1. The number of fused-ring (bicyclic) bond motifs is 1. The van der Waals surface area contributed by atoms with Gasteiger partial charge in [0.15, 0.2) is 0 Å². The summed E-state index contributed by atoms with van der Waals surface area (Å²) in [6, 6.07) is 24.3. The normalized spacial score (nSPS) is 11.1. The number of para-hydroxylation sites is 1. The molecule has 0 bridgehead atoms. The van der Waals surface area contributed by atoms with Crippen LogP contribution in [0.4, 0.5) is 5.69 Å². The first-order valence-corrected chi connectivity index (χ1v) is 11.6. The molecule has 38 heavy (non-hydrogen) atoms. The molecule has 0 aliphatic rings. The molecule has 188 valence electrons. The van der Waals surface area contributed by atoms with Crippen LogP contribution in [-0.2, 0) is 6.54 Å². The molecular formula is C28H22N6O4. The molecular weight excluding hydrogens is 484 g/mol. The van der Waals surface area contributed by atoms with Crippen molar-refractivity contribution < 1.29 is 14.5 Å². The third-order valence-corrected chi connectivity index (χ3v) is 5.88. The van der Waals surface area contributed by atoms with E-state index in [1.807, 2.05) is 60.7 Å². The van der Waals surface area contributed by atoms with Gasteiger partial charge in [-0.2, -0.15) is 10.2 Å². The highest BCUT2D eigenvalue weighted by molar-refractivity contribution is 6.07. The Morgan fingerprint density at radius 3 is 2.66 bits per heavy atom. The number of carbonyl (C=O) groups is 1. The lowest BCUT2D eigenvalue weighted by Crippen LogP contribution is -2.18. The van der Waals surface area contributed by atoms with Crippen molar-refractivity contribution in [1.29, 1.82) is 0 Å². The maximum absolute atomic E-state index is 13.2. The largest absolute Gasteiger partial charge is 0.496 e. The first kappa shape index (κ1) is 24.3. The predicted molar refractivity (Wildman–Crippen MR) is 143 cm³/mol. The van der Waals surface area contributed by atoms with Crippen LogP contribution < -0.4 is 10.2 Å². The molecule has 10 nitrogen and oxygen atoms in total. The van der Waals surface area contributed by atoms with Crippen LogP contribution in [0.3, 0.4) is 0 Å². The highest BCUT2D eigenvalue weighted by atomic mass is 16.6. The van der Waals surface area contributed by atoms with Crippen LogP contribution in [0.15, 0.2) is 96.4 Å². The Bertz CT molecular complexity index is 1660. The van der Waals surface area contributed by atoms with Gasteiger partial charge in [0.05, 0.1) is 41.6 Å². The Morgan fingerprint density at radius 1 is 1.11 bits per heavy atom. The van der Waals surface area contributed by atoms with Crippen LogP contribution in [0, 0.1) is 10.1 Å². The van der Waals surface area contributed by atoms with Gasteiger partial charge >= 0.3 is 5.69 Å². The van der Waals surface area contributed by atoms with E-state index in [0.29, 0.717) is 28.1 Å². The van der Waals surface area contributed by atoms with Crippen molar-refractivity contribution in [2.75, 3.05) is 7.11 Å². The third-order valence-electron chi connectivity index (χ3n) is 5.88. The van der Waals surface area contributed by atoms with Crippen molar-refractivity contribution in [3.05, 3.63) is 118 Å². The molecule has 0 saturated carbocycles.